The third-order valence-corrected chi connectivity index (χ3v) is 3.95. The minimum Gasteiger partial charge on any atom is -0.391 e. The van der Waals surface area contributed by atoms with Gasteiger partial charge in [-0.1, -0.05) is 6.42 Å². The van der Waals surface area contributed by atoms with Crippen LogP contribution < -0.4 is 16.6 Å². The quantitative estimate of drug-likeness (QED) is 0.693. The number of H-pyrrole nitrogens is 1. The fourth-order valence-electron chi connectivity index (χ4n) is 3.12. The average molecular weight is 220 g/mol. The zero-order valence-corrected chi connectivity index (χ0v) is 9.07. The highest BCUT2D eigenvalue weighted by molar-refractivity contribution is 5.59. The lowest BCUT2D eigenvalue weighted by Crippen LogP contribution is -2.28. The maximum atomic E-state index is 11.3. The van der Waals surface area contributed by atoms with Crippen molar-refractivity contribution in [3.8, 4) is 0 Å². The maximum absolute atomic E-state index is 11.3. The number of nitrogens with one attached hydrogen (secondary N) is 2. The number of anilines is 2. The molecule has 1 heterocycles. The Labute approximate surface area is 93.5 Å². The van der Waals surface area contributed by atoms with Gasteiger partial charge in [0, 0.05) is 6.04 Å². The van der Waals surface area contributed by atoms with Gasteiger partial charge in [0.25, 0.3) is 5.56 Å². The molecule has 2 aliphatic rings. The molecule has 5 heteroatoms. The average Bonchev–Trinajstić information content (AvgIpc) is 2.86. The van der Waals surface area contributed by atoms with Crippen LogP contribution in [0.4, 0.5) is 11.5 Å². The summed E-state index contributed by atoms with van der Waals surface area (Å²) in [5.74, 6) is 2.15. The van der Waals surface area contributed by atoms with Crippen molar-refractivity contribution >= 4 is 11.5 Å². The predicted octanol–water partition coefficient (Wildman–Crippen LogP) is 0.953. The van der Waals surface area contributed by atoms with E-state index in [-0.39, 0.29) is 11.2 Å². The molecular weight excluding hydrogens is 204 g/mol. The number of nitrogen functional groups attached to an aromatic ring is 1. The van der Waals surface area contributed by atoms with Crippen LogP contribution in [0, 0.1) is 11.8 Å². The summed E-state index contributed by atoms with van der Waals surface area (Å²) in [7, 11) is 0. The van der Waals surface area contributed by atoms with E-state index in [0.717, 1.165) is 11.8 Å². The molecule has 5 nitrogen and oxygen atoms in total. The molecule has 16 heavy (non-hydrogen) atoms. The monoisotopic (exact) mass is 220 g/mol. The van der Waals surface area contributed by atoms with Gasteiger partial charge in [-0.25, -0.2) is 4.98 Å². The highest BCUT2D eigenvalue weighted by atomic mass is 16.1. The van der Waals surface area contributed by atoms with E-state index in [9.17, 15) is 4.79 Å². The molecule has 1 aromatic rings. The van der Waals surface area contributed by atoms with Gasteiger partial charge in [0.1, 0.15) is 5.69 Å². The lowest BCUT2D eigenvalue weighted by molar-refractivity contribution is 0.439. The van der Waals surface area contributed by atoms with E-state index in [2.05, 4.69) is 15.3 Å². The molecule has 2 bridgehead atoms. The number of nitrogens with zero attached hydrogens (tertiary/aromatic N) is 1. The summed E-state index contributed by atoms with van der Waals surface area (Å²) in [6.45, 7) is 0. The molecule has 3 atom stereocenters. The molecule has 86 valence electrons. The molecular formula is C11H16N4O. The Hall–Kier alpha value is -1.52. The first-order chi connectivity index (χ1) is 7.74. The second-order valence-electron chi connectivity index (χ2n) is 4.92. The lowest BCUT2D eigenvalue weighted by atomic mass is 9.95. The van der Waals surface area contributed by atoms with Crippen molar-refractivity contribution in [3.63, 3.8) is 0 Å². The van der Waals surface area contributed by atoms with Gasteiger partial charge in [-0.3, -0.25) is 4.79 Å². The number of nitrogens with two attached hydrogens (primary N) is 1. The van der Waals surface area contributed by atoms with Crippen LogP contribution in [0.25, 0.3) is 0 Å². The van der Waals surface area contributed by atoms with Crippen LogP contribution in [-0.2, 0) is 0 Å². The standard InChI is InChI=1S/C11H16N4O/c12-9-10(13-5-14-11(9)16)15-8-4-6-1-2-7(8)3-6/h5-8H,1-4,12H2,(H2,13,14,15,16). The van der Waals surface area contributed by atoms with Gasteiger partial charge in [0.15, 0.2) is 5.82 Å². The minimum atomic E-state index is -0.263. The summed E-state index contributed by atoms with van der Waals surface area (Å²) in [5.41, 5.74) is 5.63. The molecule has 4 N–H and O–H groups in total. The second kappa shape index (κ2) is 3.50. The molecule has 0 aromatic carbocycles. The van der Waals surface area contributed by atoms with Gasteiger partial charge in [-0.05, 0) is 31.1 Å². The smallest absolute Gasteiger partial charge is 0.276 e. The van der Waals surface area contributed by atoms with Gasteiger partial charge in [0.2, 0.25) is 0 Å². The van der Waals surface area contributed by atoms with Crippen molar-refractivity contribution in [2.75, 3.05) is 11.1 Å². The normalized spacial score (nSPS) is 31.9. The van der Waals surface area contributed by atoms with Gasteiger partial charge in [0.05, 0.1) is 6.33 Å². The van der Waals surface area contributed by atoms with E-state index in [1.54, 1.807) is 0 Å². The molecule has 2 fully saturated rings. The van der Waals surface area contributed by atoms with Crippen LogP contribution >= 0.6 is 0 Å². The summed E-state index contributed by atoms with van der Waals surface area (Å²) >= 11 is 0. The lowest BCUT2D eigenvalue weighted by Gasteiger charge is -2.23. The van der Waals surface area contributed by atoms with Gasteiger partial charge >= 0.3 is 0 Å². The molecule has 0 radical (unpaired) electrons. The number of aromatic nitrogens is 2. The Morgan fingerprint density at radius 2 is 2.31 bits per heavy atom. The van der Waals surface area contributed by atoms with Gasteiger partial charge in [-0.2, -0.15) is 0 Å². The fourth-order valence-corrected chi connectivity index (χ4v) is 3.12. The summed E-state index contributed by atoms with van der Waals surface area (Å²) in [6.07, 6.45) is 6.57. The second-order valence-corrected chi connectivity index (χ2v) is 4.92. The number of hydrogen-bond acceptors (Lipinski definition) is 4. The highest BCUT2D eigenvalue weighted by Crippen LogP contribution is 2.45. The Bertz CT molecular complexity index is 456. The van der Waals surface area contributed by atoms with Crippen LogP contribution in [0.5, 0.6) is 0 Å². The maximum Gasteiger partial charge on any atom is 0.276 e. The van der Waals surface area contributed by atoms with Gasteiger partial charge in [-0.15, -0.1) is 0 Å². The molecule has 1 aromatic heterocycles. The SMILES string of the molecule is Nc1c(NC2CC3CCC2C3)nc[nH]c1=O. The van der Waals surface area contributed by atoms with Crippen LogP contribution in [0.3, 0.4) is 0 Å². The first kappa shape index (κ1) is 9.69. The fraction of sp³-hybridized carbons (Fsp3) is 0.636. The molecule has 0 spiro atoms. The number of fused-ring (bicyclic) bond motifs is 2. The van der Waals surface area contributed by atoms with Crippen molar-refractivity contribution in [1.29, 1.82) is 0 Å². The Balaban J connectivity index is 1.80. The van der Waals surface area contributed by atoms with Crippen molar-refractivity contribution in [2.45, 2.75) is 31.7 Å². The number of rotatable bonds is 2. The molecule has 2 aliphatic carbocycles. The number of aromatic amines is 1. The van der Waals surface area contributed by atoms with Crippen molar-refractivity contribution in [3.05, 3.63) is 16.7 Å². The van der Waals surface area contributed by atoms with Gasteiger partial charge < -0.3 is 16.0 Å². The zero-order valence-electron chi connectivity index (χ0n) is 9.07. The van der Waals surface area contributed by atoms with E-state index < -0.39 is 0 Å². The van der Waals surface area contributed by atoms with Crippen LogP contribution in [0.2, 0.25) is 0 Å². The molecule has 0 saturated heterocycles. The molecule has 0 aliphatic heterocycles. The van der Waals surface area contributed by atoms with Crippen molar-refractivity contribution in [2.24, 2.45) is 11.8 Å². The van der Waals surface area contributed by atoms with Crippen molar-refractivity contribution in [1.82, 2.24) is 9.97 Å². The zero-order chi connectivity index (χ0) is 11.1. The Morgan fingerprint density at radius 1 is 1.44 bits per heavy atom. The van der Waals surface area contributed by atoms with Crippen molar-refractivity contribution < 1.29 is 0 Å². The Kier molecular flexibility index (Phi) is 2.12. The molecule has 0 amide bonds. The number of hydrogen-bond donors (Lipinski definition) is 3. The van der Waals surface area contributed by atoms with E-state index in [1.807, 2.05) is 0 Å². The van der Waals surface area contributed by atoms with E-state index in [4.69, 9.17) is 5.73 Å². The predicted molar refractivity (Wildman–Crippen MR) is 62.1 cm³/mol. The Morgan fingerprint density at radius 3 is 3.00 bits per heavy atom. The van der Waals surface area contributed by atoms with E-state index in [0.29, 0.717) is 11.9 Å². The largest absolute Gasteiger partial charge is 0.391 e. The summed E-state index contributed by atoms with van der Waals surface area (Å²) in [4.78, 5) is 17.9. The van der Waals surface area contributed by atoms with E-state index in [1.165, 1.54) is 32.0 Å². The molecule has 3 rings (SSSR count). The summed E-state index contributed by atoms with van der Waals surface area (Å²) < 4.78 is 0. The van der Waals surface area contributed by atoms with Crippen LogP contribution in [0.15, 0.2) is 11.1 Å². The molecule has 3 unspecified atom stereocenters. The summed E-state index contributed by atoms with van der Waals surface area (Å²) in [5, 5.41) is 3.33. The van der Waals surface area contributed by atoms with Crippen LogP contribution in [0.1, 0.15) is 25.7 Å². The first-order valence-electron chi connectivity index (χ1n) is 5.83. The minimum absolute atomic E-state index is 0.199. The third-order valence-electron chi connectivity index (χ3n) is 3.95. The molecule has 2 saturated carbocycles. The summed E-state index contributed by atoms with van der Waals surface area (Å²) in [6, 6.07) is 0.454. The van der Waals surface area contributed by atoms with E-state index >= 15 is 0 Å². The third kappa shape index (κ3) is 1.47. The highest BCUT2D eigenvalue weighted by Gasteiger charge is 2.39. The van der Waals surface area contributed by atoms with Crippen LogP contribution in [-0.4, -0.2) is 16.0 Å². The first-order valence-corrected chi connectivity index (χ1v) is 5.83. The topological polar surface area (TPSA) is 83.8 Å².